The second-order valence-electron chi connectivity index (χ2n) is 3.71. The van der Waals surface area contributed by atoms with Crippen LogP contribution in [0.5, 0.6) is 0 Å². The van der Waals surface area contributed by atoms with Crippen LogP contribution in [0.3, 0.4) is 0 Å². The molecule has 5 heteroatoms. The van der Waals surface area contributed by atoms with Crippen LogP contribution in [0.25, 0.3) is 0 Å². The van der Waals surface area contributed by atoms with Crippen molar-refractivity contribution in [2.75, 3.05) is 13.1 Å². The van der Waals surface area contributed by atoms with Crippen LogP contribution in [0.4, 0.5) is 0 Å². The molecular formula is C10H14N2O3. The van der Waals surface area contributed by atoms with E-state index in [-0.39, 0.29) is 11.7 Å². The number of aromatic nitrogens is 1. The van der Waals surface area contributed by atoms with E-state index in [1.165, 1.54) is 6.07 Å². The Bertz CT molecular complexity index is 361. The summed E-state index contributed by atoms with van der Waals surface area (Å²) >= 11 is 0. The first-order chi connectivity index (χ1) is 7.22. The standard InChI is InChI=1S/C10H14N2O3/c1-2-12-5-3-4-8(12)9-6-7(10(13)14)11-15-9/h6,8H,2-5H2,1H3,(H,13,14). The van der Waals surface area contributed by atoms with Crippen molar-refractivity contribution >= 4 is 5.97 Å². The summed E-state index contributed by atoms with van der Waals surface area (Å²) in [5.74, 6) is -0.363. The van der Waals surface area contributed by atoms with Gasteiger partial charge in [-0.15, -0.1) is 0 Å². The van der Waals surface area contributed by atoms with Crippen LogP contribution in [0, 0.1) is 0 Å². The van der Waals surface area contributed by atoms with Crippen LogP contribution >= 0.6 is 0 Å². The first kappa shape index (κ1) is 10.2. The normalized spacial score (nSPS) is 22.1. The van der Waals surface area contributed by atoms with E-state index in [0.29, 0.717) is 5.76 Å². The second-order valence-corrected chi connectivity index (χ2v) is 3.71. The van der Waals surface area contributed by atoms with Gasteiger partial charge in [-0.25, -0.2) is 4.79 Å². The molecule has 1 N–H and O–H groups in total. The van der Waals surface area contributed by atoms with Crippen molar-refractivity contribution in [3.05, 3.63) is 17.5 Å². The number of nitrogens with zero attached hydrogens (tertiary/aromatic N) is 2. The highest BCUT2D eigenvalue weighted by Gasteiger charge is 2.28. The molecule has 0 aliphatic carbocycles. The number of hydrogen-bond acceptors (Lipinski definition) is 4. The van der Waals surface area contributed by atoms with Gasteiger partial charge in [-0.3, -0.25) is 4.90 Å². The largest absolute Gasteiger partial charge is 0.476 e. The van der Waals surface area contributed by atoms with Crippen molar-refractivity contribution in [3.8, 4) is 0 Å². The number of carboxylic acid groups (broad SMARTS) is 1. The smallest absolute Gasteiger partial charge is 0.358 e. The van der Waals surface area contributed by atoms with Crippen molar-refractivity contribution in [1.29, 1.82) is 0 Å². The number of hydrogen-bond donors (Lipinski definition) is 1. The first-order valence-corrected chi connectivity index (χ1v) is 5.16. The lowest BCUT2D eigenvalue weighted by molar-refractivity contribution is 0.0685. The van der Waals surface area contributed by atoms with Crippen molar-refractivity contribution in [2.45, 2.75) is 25.8 Å². The van der Waals surface area contributed by atoms with Crippen LogP contribution in [0.15, 0.2) is 10.6 Å². The highest BCUT2D eigenvalue weighted by molar-refractivity contribution is 5.85. The van der Waals surface area contributed by atoms with Gasteiger partial charge in [-0.2, -0.15) is 0 Å². The van der Waals surface area contributed by atoms with Gasteiger partial charge in [0.25, 0.3) is 0 Å². The molecule has 0 amide bonds. The molecule has 2 rings (SSSR count). The fourth-order valence-electron chi connectivity index (χ4n) is 2.07. The maximum atomic E-state index is 10.6. The topological polar surface area (TPSA) is 66.6 Å². The molecular weight excluding hydrogens is 196 g/mol. The summed E-state index contributed by atoms with van der Waals surface area (Å²) in [4.78, 5) is 12.9. The zero-order valence-corrected chi connectivity index (χ0v) is 8.64. The van der Waals surface area contributed by atoms with Crippen LogP contribution < -0.4 is 0 Å². The molecule has 2 heterocycles. The van der Waals surface area contributed by atoms with Gasteiger partial charge in [0.1, 0.15) is 0 Å². The predicted molar refractivity (Wildman–Crippen MR) is 52.7 cm³/mol. The zero-order valence-electron chi connectivity index (χ0n) is 8.64. The summed E-state index contributed by atoms with van der Waals surface area (Å²) in [6, 6.07) is 1.73. The number of aromatic carboxylic acids is 1. The van der Waals surface area contributed by atoms with E-state index < -0.39 is 5.97 Å². The molecule has 5 nitrogen and oxygen atoms in total. The van der Waals surface area contributed by atoms with Crippen LogP contribution in [0.1, 0.15) is 42.1 Å². The molecule has 1 unspecified atom stereocenters. The van der Waals surface area contributed by atoms with E-state index in [9.17, 15) is 4.79 Å². The summed E-state index contributed by atoms with van der Waals surface area (Å²) in [6.07, 6.45) is 2.14. The zero-order chi connectivity index (χ0) is 10.8. The van der Waals surface area contributed by atoms with E-state index >= 15 is 0 Å². The first-order valence-electron chi connectivity index (χ1n) is 5.16. The van der Waals surface area contributed by atoms with Crippen molar-refractivity contribution in [2.24, 2.45) is 0 Å². The lowest BCUT2D eigenvalue weighted by Gasteiger charge is -2.19. The molecule has 82 valence electrons. The van der Waals surface area contributed by atoms with Crippen LogP contribution in [-0.2, 0) is 0 Å². The predicted octanol–water partition coefficient (Wildman–Crippen LogP) is 1.53. The fraction of sp³-hybridized carbons (Fsp3) is 0.600. The van der Waals surface area contributed by atoms with E-state index in [0.717, 1.165) is 25.9 Å². The van der Waals surface area contributed by atoms with Gasteiger partial charge in [0.15, 0.2) is 11.5 Å². The summed E-state index contributed by atoms with van der Waals surface area (Å²) in [5.41, 5.74) is -0.00652. The molecule has 1 aromatic rings. The molecule has 15 heavy (non-hydrogen) atoms. The minimum atomic E-state index is -1.04. The summed E-state index contributed by atoms with van der Waals surface area (Å²) in [5, 5.41) is 12.3. The Labute approximate surface area is 87.7 Å². The van der Waals surface area contributed by atoms with Gasteiger partial charge in [0.05, 0.1) is 6.04 Å². The van der Waals surface area contributed by atoms with Gasteiger partial charge < -0.3 is 9.63 Å². The lowest BCUT2D eigenvalue weighted by Crippen LogP contribution is -2.22. The molecule has 1 aromatic heterocycles. The maximum Gasteiger partial charge on any atom is 0.358 e. The Morgan fingerprint density at radius 1 is 1.80 bits per heavy atom. The molecule has 1 aliphatic rings. The minimum absolute atomic E-state index is 0.00652. The van der Waals surface area contributed by atoms with Crippen molar-refractivity contribution in [3.63, 3.8) is 0 Å². The van der Waals surface area contributed by atoms with Gasteiger partial charge in [0.2, 0.25) is 0 Å². The molecule has 1 aliphatic heterocycles. The molecule has 0 aromatic carbocycles. The fourth-order valence-corrected chi connectivity index (χ4v) is 2.07. The minimum Gasteiger partial charge on any atom is -0.476 e. The molecule has 1 saturated heterocycles. The molecule has 0 saturated carbocycles. The van der Waals surface area contributed by atoms with Crippen LogP contribution in [-0.4, -0.2) is 34.2 Å². The SMILES string of the molecule is CCN1CCCC1c1cc(C(=O)O)no1. The monoisotopic (exact) mass is 210 g/mol. The highest BCUT2D eigenvalue weighted by Crippen LogP contribution is 2.31. The van der Waals surface area contributed by atoms with Crippen molar-refractivity contribution in [1.82, 2.24) is 10.1 Å². The second kappa shape index (κ2) is 4.02. The quantitative estimate of drug-likeness (QED) is 0.819. The number of rotatable bonds is 3. The highest BCUT2D eigenvalue weighted by atomic mass is 16.5. The number of carbonyl (C=O) groups is 1. The molecule has 1 atom stereocenters. The Morgan fingerprint density at radius 2 is 2.60 bits per heavy atom. The summed E-state index contributed by atoms with van der Waals surface area (Å²) in [7, 11) is 0. The maximum absolute atomic E-state index is 10.6. The van der Waals surface area contributed by atoms with E-state index in [1.54, 1.807) is 0 Å². The van der Waals surface area contributed by atoms with E-state index in [1.807, 2.05) is 0 Å². The lowest BCUT2D eigenvalue weighted by atomic mass is 10.1. The Balaban J connectivity index is 2.18. The summed E-state index contributed by atoms with van der Waals surface area (Å²) < 4.78 is 5.07. The Kier molecular flexibility index (Phi) is 2.73. The third-order valence-electron chi connectivity index (χ3n) is 2.85. The molecule has 1 fully saturated rings. The number of carboxylic acids is 1. The van der Waals surface area contributed by atoms with Gasteiger partial charge in [0, 0.05) is 6.07 Å². The van der Waals surface area contributed by atoms with Crippen molar-refractivity contribution < 1.29 is 14.4 Å². The number of likely N-dealkylation sites (tertiary alicyclic amines) is 1. The van der Waals surface area contributed by atoms with E-state index in [4.69, 9.17) is 9.63 Å². The van der Waals surface area contributed by atoms with Crippen LogP contribution in [0.2, 0.25) is 0 Å². The molecule has 0 bridgehead atoms. The van der Waals surface area contributed by atoms with E-state index in [2.05, 4.69) is 17.0 Å². The van der Waals surface area contributed by atoms with Gasteiger partial charge in [-0.05, 0) is 25.9 Å². The van der Waals surface area contributed by atoms with Gasteiger partial charge >= 0.3 is 5.97 Å². The summed E-state index contributed by atoms with van der Waals surface area (Å²) in [6.45, 7) is 4.09. The average Bonchev–Trinajstić information content (AvgIpc) is 2.85. The molecule has 0 radical (unpaired) electrons. The average molecular weight is 210 g/mol. The van der Waals surface area contributed by atoms with Gasteiger partial charge in [-0.1, -0.05) is 12.1 Å². The third kappa shape index (κ3) is 1.87. The molecule has 0 spiro atoms. The third-order valence-corrected chi connectivity index (χ3v) is 2.85. The Morgan fingerprint density at radius 3 is 3.20 bits per heavy atom. The Hall–Kier alpha value is -1.36.